The summed E-state index contributed by atoms with van der Waals surface area (Å²) >= 11 is 18.7. The molecule has 1 aliphatic carbocycles. The smallest absolute Gasteiger partial charge is 0.362 e. The first-order chi connectivity index (χ1) is 20.9. The van der Waals surface area contributed by atoms with Crippen LogP contribution in [0.2, 0.25) is 10.0 Å². The fourth-order valence-electron chi connectivity index (χ4n) is 5.54. The van der Waals surface area contributed by atoms with Gasteiger partial charge in [-0.15, -0.1) is 0 Å². The molecule has 3 amide bonds. The molecule has 2 aromatic carbocycles. The van der Waals surface area contributed by atoms with Gasteiger partial charge in [-0.1, -0.05) is 41.0 Å². The maximum Gasteiger partial charge on any atom is 0.362 e. The normalized spacial score (nSPS) is 16.9. The van der Waals surface area contributed by atoms with E-state index in [1.54, 1.807) is 29.2 Å². The Kier molecular flexibility index (Phi) is 8.51. The molecule has 2 aliphatic heterocycles. The lowest BCUT2D eigenvalue weighted by atomic mass is 10.1. The van der Waals surface area contributed by atoms with Crippen molar-refractivity contribution in [3.63, 3.8) is 0 Å². The van der Waals surface area contributed by atoms with E-state index in [0.29, 0.717) is 35.3 Å². The van der Waals surface area contributed by atoms with Crippen molar-refractivity contribution in [1.29, 1.82) is 0 Å². The number of alkyl halides is 3. The number of nitrogens with zero attached hydrogens (tertiary/aromatic N) is 3. The predicted octanol–water partition coefficient (Wildman–Crippen LogP) is 7.33. The summed E-state index contributed by atoms with van der Waals surface area (Å²) in [6, 6.07) is 9.26. The van der Waals surface area contributed by atoms with Gasteiger partial charge < -0.3 is 19.5 Å². The van der Waals surface area contributed by atoms with E-state index in [1.807, 2.05) is 11.0 Å². The second-order valence-electron chi connectivity index (χ2n) is 11.0. The molecule has 0 radical (unpaired) electrons. The van der Waals surface area contributed by atoms with E-state index in [0.717, 1.165) is 54.8 Å². The highest BCUT2D eigenvalue weighted by Gasteiger charge is 2.37. The van der Waals surface area contributed by atoms with E-state index in [1.165, 1.54) is 12.0 Å². The molecule has 3 heterocycles. The van der Waals surface area contributed by atoms with E-state index in [2.05, 4.69) is 4.98 Å². The Morgan fingerprint density at radius 1 is 1.09 bits per heavy atom. The van der Waals surface area contributed by atoms with Gasteiger partial charge in [-0.05, 0) is 78.2 Å². The van der Waals surface area contributed by atoms with Gasteiger partial charge in [-0.3, -0.25) is 14.5 Å². The summed E-state index contributed by atoms with van der Waals surface area (Å²) in [6.45, 7) is 2.26. The number of carbonyl (C=O) groups is 2. The molecular weight excluding hydrogens is 657 g/mol. The van der Waals surface area contributed by atoms with Crippen LogP contribution in [0.15, 0.2) is 51.0 Å². The second kappa shape index (κ2) is 12.1. The summed E-state index contributed by atoms with van der Waals surface area (Å²) in [5, 5.41) is -3.45. The number of hydrogen-bond acceptors (Lipinski definition) is 5. The van der Waals surface area contributed by atoms with Gasteiger partial charge in [0.15, 0.2) is 0 Å². The number of fused-ring (bicyclic) bond motifs is 1. The van der Waals surface area contributed by atoms with Gasteiger partial charge in [0, 0.05) is 42.5 Å². The third-order valence-electron chi connectivity index (χ3n) is 7.94. The Labute approximate surface area is 271 Å². The van der Waals surface area contributed by atoms with Crippen LogP contribution in [0.5, 0.6) is 5.75 Å². The SMILES string of the molecule is COc1cc2c(cc1N1CCCN(CC3CC3)C1=O)CN(C(=O)c1c(Sc3c(Cl)cccc3Cl)cc(C(F)(F)Cl)[nH]c1=O)C2. The zero-order chi connectivity index (χ0) is 31.3. The molecule has 3 aromatic rings. The van der Waals surface area contributed by atoms with Gasteiger partial charge >= 0.3 is 11.4 Å². The summed E-state index contributed by atoms with van der Waals surface area (Å²) in [4.78, 5) is 47.8. The van der Waals surface area contributed by atoms with Crippen molar-refractivity contribution in [2.24, 2.45) is 5.92 Å². The summed E-state index contributed by atoms with van der Waals surface area (Å²) in [7, 11) is 1.52. The van der Waals surface area contributed by atoms with Crippen molar-refractivity contribution in [2.75, 3.05) is 31.6 Å². The molecule has 0 unspecified atom stereocenters. The lowest BCUT2D eigenvalue weighted by Gasteiger charge is -2.36. The number of pyridine rings is 1. The first-order valence-corrected chi connectivity index (χ1v) is 15.9. The minimum absolute atomic E-state index is 0.0741. The number of aromatic amines is 1. The molecule has 0 spiro atoms. The van der Waals surface area contributed by atoms with Crippen LogP contribution in [0, 0.1) is 5.92 Å². The standard InChI is InChI=1S/C30H27Cl3F2N4O4S/c1-43-22-11-18-15-38(14-17(18)10-21(22)39-9-3-8-37(29(39)42)13-16-6-7-16)28(41)25-23(12-24(30(33,34)35)36-27(25)40)44-26-19(31)4-2-5-20(26)32/h2,4-5,10-12,16H,3,6-9,13-15H2,1H3,(H,36,40). The summed E-state index contributed by atoms with van der Waals surface area (Å²) in [5.41, 5.74) is -0.0681. The Bertz CT molecular complexity index is 1690. The van der Waals surface area contributed by atoms with Crippen molar-refractivity contribution in [2.45, 2.75) is 47.5 Å². The van der Waals surface area contributed by atoms with E-state index in [4.69, 9.17) is 39.5 Å². The Morgan fingerprint density at radius 2 is 1.77 bits per heavy atom. The number of urea groups is 1. The number of nitrogens with one attached hydrogen (secondary N) is 1. The Morgan fingerprint density at radius 3 is 2.41 bits per heavy atom. The number of anilines is 1. The molecule has 6 rings (SSSR count). The number of carbonyl (C=O) groups excluding carboxylic acids is 2. The highest BCUT2D eigenvalue weighted by atomic mass is 35.5. The van der Waals surface area contributed by atoms with Crippen LogP contribution in [0.3, 0.4) is 0 Å². The number of aromatic nitrogens is 1. The molecule has 0 bridgehead atoms. The molecule has 1 N–H and O–H groups in total. The van der Waals surface area contributed by atoms with Crippen LogP contribution in [0.1, 0.15) is 46.4 Å². The average Bonchev–Trinajstić information content (AvgIpc) is 3.69. The summed E-state index contributed by atoms with van der Waals surface area (Å²) in [6.07, 6.45) is 3.10. The molecule has 0 atom stereocenters. The molecule has 8 nitrogen and oxygen atoms in total. The topological polar surface area (TPSA) is 85.9 Å². The second-order valence-corrected chi connectivity index (χ2v) is 13.4. The van der Waals surface area contributed by atoms with Gasteiger partial charge in [0.25, 0.3) is 11.5 Å². The number of halogens is 5. The quantitative estimate of drug-likeness (QED) is 0.252. The summed E-state index contributed by atoms with van der Waals surface area (Å²) in [5.74, 6) is 0.379. The van der Waals surface area contributed by atoms with Crippen LogP contribution in [0.4, 0.5) is 19.3 Å². The first-order valence-electron chi connectivity index (χ1n) is 14.0. The van der Waals surface area contributed by atoms with Crippen molar-refractivity contribution in [1.82, 2.24) is 14.8 Å². The fraction of sp³-hybridized carbons (Fsp3) is 0.367. The first kappa shape index (κ1) is 31.0. The summed E-state index contributed by atoms with van der Waals surface area (Å²) < 4.78 is 33.9. The van der Waals surface area contributed by atoms with E-state index in [9.17, 15) is 23.2 Å². The van der Waals surface area contributed by atoms with Crippen molar-refractivity contribution in [3.05, 3.63) is 79.2 Å². The number of rotatable bonds is 8. The molecule has 3 aliphatic rings. The minimum Gasteiger partial charge on any atom is -0.495 e. The molecule has 2 fully saturated rings. The van der Waals surface area contributed by atoms with Crippen LogP contribution in [-0.2, 0) is 18.5 Å². The monoisotopic (exact) mass is 682 g/mol. The number of benzene rings is 2. The number of H-pyrrole nitrogens is 1. The lowest BCUT2D eigenvalue weighted by molar-refractivity contribution is 0.0740. The van der Waals surface area contributed by atoms with Crippen molar-refractivity contribution < 1.29 is 23.1 Å². The predicted molar refractivity (Wildman–Crippen MR) is 166 cm³/mol. The Balaban J connectivity index is 1.32. The third kappa shape index (κ3) is 6.11. The molecule has 44 heavy (non-hydrogen) atoms. The third-order valence-corrected chi connectivity index (χ3v) is 10.2. The van der Waals surface area contributed by atoms with Crippen molar-refractivity contribution >= 4 is 64.2 Å². The van der Waals surface area contributed by atoms with E-state index >= 15 is 0 Å². The largest absolute Gasteiger partial charge is 0.495 e. The number of methoxy groups -OCH3 is 1. The molecule has 1 aromatic heterocycles. The molecule has 1 saturated heterocycles. The molecule has 232 valence electrons. The van der Waals surface area contributed by atoms with Crippen LogP contribution >= 0.6 is 46.6 Å². The highest BCUT2D eigenvalue weighted by molar-refractivity contribution is 7.99. The van der Waals surface area contributed by atoms with Crippen LogP contribution in [-0.4, -0.2) is 53.5 Å². The fourth-order valence-corrected chi connectivity index (χ4v) is 7.28. The van der Waals surface area contributed by atoms with Gasteiger partial charge in [0.05, 0.1) is 22.8 Å². The zero-order valence-corrected chi connectivity index (χ0v) is 26.6. The zero-order valence-electron chi connectivity index (χ0n) is 23.5. The van der Waals surface area contributed by atoms with Gasteiger partial charge in [-0.25, -0.2) is 4.79 Å². The van der Waals surface area contributed by atoms with Gasteiger partial charge in [0.2, 0.25) is 0 Å². The minimum atomic E-state index is -3.89. The number of ether oxygens (including phenoxy) is 1. The molecule has 1 saturated carbocycles. The molecular formula is C30H27Cl3F2N4O4S. The highest BCUT2D eigenvalue weighted by Crippen LogP contribution is 2.43. The average molecular weight is 684 g/mol. The molecule has 14 heteroatoms. The number of hydrogen-bond donors (Lipinski definition) is 1. The maximum absolute atomic E-state index is 14.1. The van der Waals surface area contributed by atoms with Crippen LogP contribution < -0.4 is 15.2 Å². The number of amides is 3. The van der Waals surface area contributed by atoms with E-state index in [-0.39, 0.29) is 39.6 Å². The Hall–Kier alpha value is -2.99. The van der Waals surface area contributed by atoms with Gasteiger partial charge in [-0.2, -0.15) is 8.78 Å². The lowest BCUT2D eigenvalue weighted by Crippen LogP contribution is -2.50. The van der Waals surface area contributed by atoms with E-state index < -0.39 is 22.5 Å². The maximum atomic E-state index is 14.1. The van der Waals surface area contributed by atoms with Crippen LogP contribution in [0.25, 0.3) is 0 Å². The van der Waals surface area contributed by atoms with Gasteiger partial charge in [0.1, 0.15) is 17.0 Å². The van der Waals surface area contributed by atoms with Crippen molar-refractivity contribution in [3.8, 4) is 5.75 Å².